The van der Waals surface area contributed by atoms with Gasteiger partial charge in [0.05, 0.1) is 18.6 Å². The summed E-state index contributed by atoms with van der Waals surface area (Å²) in [4.78, 5) is 38.6. The summed E-state index contributed by atoms with van der Waals surface area (Å²) < 4.78 is 0. The van der Waals surface area contributed by atoms with Crippen molar-refractivity contribution in [3.63, 3.8) is 0 Å². The highest BCUT2D eigenvalue weighted by atomic mass is 16.2. The molecular weight excluding hydrogens is 378 g/mol. The molecule has 0 aromatic heterocycles. The molecule has 0 radical (unpaired) electrons. The van der Waals surface area contributed by atoms with Gasteiger partial charge in [-0.25, -0.2) is 0 Å². The molecule has 0 saturated carbocycles. The summed E-state index contributed by atoms with van der Waals surface area (Å²) in [6, 6.07) is 16.5. The topological polar surface area (TPSA) is 78.5 Å². The molecule has 0 unspecified atom stereocenters. The van der Waals surface area contributed by atoms with Crippen molar-refractivity contribution in [3.05, 3.63) is 71.3 Å². The Kier molecular flexibility index (Phi) is 8.74. The highest BCUT2D eigenvalue weighted by Gasteiger charge is 2.21. The van der Waals surface area contributed by atoms with Crippen LogP contribution in [0.15, 0.2) is 54.6 Å². The molecule has 2 amide bonds. The molecule has 0 aliphatic carbocycles. The molecule has 0 aliphatic heterocycles. The molecule has 2 atom stereocenters. The summed E-state index contributed by atoms with van der Waals surface area (Å²) in [5.41, 5.74) is 3.29. The van der Waals surface area contributed by atoms with E-state index in [4.69, 9.17) is 0 Å². The third kappa shape index (κ3) is 7.12. The van der Waals surface area contributed by atoms with E-state index in [2.05, 4.69) is 10.6 Å². The number of nitrogens with one attached hydrogen (secondary N) is 2. The van der Waals surface area contributed by atoms with Crippen molar-refractivity contribution >= 4 is 17.6 Å². The summed E-state index contributed by atoms with van der Waals surface area (Å²) >= 11 is 0. The molecule has 0 aliphatic rings. The molecule has 0 fully saturated rings. The second-order valence-electron chi connectivity index (χ2n) is 7.66. The molecule has 6 heteroatoms. The monoisotopic (exact) mass is 409 g/mol. The van der Waals surface area contributed by atoms with Crippen molar-refractivity contribution in [2.45, 2.75) is 45.8 Å². The van der Waals surface area contributed by atoms with Gasteiger partial charge in [0.1, 0.15) is 0 Å². The normalized spacial score (nSPS) is 12.8. The quantitative estimate of drug-likeness (QED) is 0.631. The lowest BCUT2D eigenvalue weighted by Gasteiger charge is -2.24. The van der Waals surface area contributed by atoms with Crippen molar-refractivity contribution < 1.29 is 14.4 Å². The average Bonchev–Trinajstić information content (AvgIpc) is 2.73. The fraction of sp³-hybridized carbons (Fsp3) is 0.375. The van der Waals surface area contributed by atoms with Crippen LogP contribution in [0.1, 0.15) is 30.5 Å². The third-order valence-electron chi connectivity index (χ3n) is 5.25. The van der Waals surface area contributed by atoms with E-state index in [0.717, 1.165) is 11.1 Å². The fourth-order valence-corrected chi connectivity index (χ4v) is 3.10. The van der Waals surface area contributed by atoms with E-state index in [9.17, 15) is 14.4 Å². The lowest BCUT2D eigenvalue weighted by atomic mass is 10.0. The van der Waals surface area contributed by atoms with E-state index in [1.54, 1.807) is 6.92 Å². The van der Waals surface area contributed by atoms with Crippen molar-refractivity contribution in [1.82, 2.24) is 15.5 Å². The van der Waals surface area contributed by atoms with Crippen molar-refractivity contribution in [2.24, 2.45) is 0 Å². The lowest BCUT2D eigenvalue weighted by molar-refractivity contribution is -0.130. The Morgan fingerprint density at radius 1 is 1.00 bits per heavy atom. The van der Waals surface area contributed by atoms with E-state index < -0.39 is 12.1 Å². The minimum absolute atomic E-state index is 0.120. The maximum Gasteiger partial charge on any atom is 0.239 e. The van der Waals surface area contributed by atoms with Crippen LogP contribution in [-0.4, -0.2) is 48.2 Å². The number of hydrogen-bond acceptors (Lipinski definition) is 4. The minimum Gasteiger partial charge on any atom is -0.346 e. The molecular formula is C24H31N3O3. The van der Waals surface area contributed by atoms with Crippen LogP contribution in [0.25, 0.3) is 0 Å². The molecule has 0 heterocycles. The number of aryl methyl sites for hydroxylation is 1. The summed E-state index contributed by atoms with van der Waals surface area (Å²) in [5.74, 6) is -0.734. The smallest absolute Gasteiger partial charge is 0.239 e. The maximum absolute atomic E-state index is 12.5. The van der Waals surface area contributed by atoms with Crippen molar-refractivity contribution in [1.29, 1.82) is 0 Å². The van der Waals surface area contributed by atoms with Gasteiger partial charge in [0, 0.05) is 6.54 Å². The highest BCUT2D eigenvalue weighted by Crippen LogP contribution is 2.11. The lowest BCUT2D eigenvalue weighted by Crippen LogP contribution is -2.49. The zero-order chi connectivity index (χ0) is 22.1. The number of ketones is 1. The highest BCUT2D eigenvalue weighted by molar-refractivity contribution is 5.91. The summed E-state index contributed by atoms with van der Waals surface area (Å²) in [6.45, 7) is 5.77. The Morgan fingerprint density at radius 2 is 1.63 bits per heavy atom. The van der Waals surface area contributed by atoms with Crippen LogP contribution >= 0.6 is 0 Å². The first-order valence-corrected chi connectivity index (χ1v) is 10.1. The van der Waals surface area contributed by atoms with Crippen LogP contribution < -0.4 is 10.6 Å². The predicted octanol–water partition coefficient (Wildman–Crippen LogP) is 2.25. The number of Topliss-reactive ketones (excluding diaryl/α,β-unsaturated/α-hetero) is 1. The van der Waals surface area contributed by atoms with Gasteiger partial charge < -0.3 is 10.6 Å². The Labute approximate surface area is 178 Å². The van der Waals surface area contributed by atoms with Crippen molar-refractivity contribution in [2.75, 3.05) is 13.6 Å². The van der Waals surface area contributed by atoms with Gasteiger partial charge >= 0.3 is 0 Å². The van der Waals surface area contributed by atoms with Crippen LogP contribution in [0.3, 0.4) is 0 Å². The van der Waals surface area contributed by atoms with Gasteiger partial charge in [-0.05, 0) is 50.9 Å². The number of likely N-dealkylation sites (N-methyl/N-ethyl adjacent to an activating group) is 1. The van der Waals surface area contributed by atoms with Crippen LogP contribution in [-0.2, 0) is 27.3 Å². The number of carbonyl (C=O) groups is 3. The van der Waals surface area contributed by atoms with Gasteiger partial charge in [0.25, 0.3) is 0 Å². The largest absolute Gasteiger partial charge is 0.346 e. The number of amides is 2. The molecule has 30 heavy (non-hydrogen) atoms. The summed E-state index contributed by atoms with van der Waals surface area (Å²) in [6.07, 6.45) is 0.422. The number of nitrogens with zero attached hydrogens (tertiary/aromatic N) is 1. The molecule has 2 N–H and O–H groups in total. The van der Waals surface area contributed by atoms with Crippen LogP contribution in [0, 0.1) is 6.92 Å². The third-order valence-corrected chi connectivity index (χ3v) is 5.25. The van der Waals surface area contributed by atoms with E-state index in [-0.39, 0.29) is 24.1 Å². The van der Waals surface area contributed by atoms with Gasteiger partial charge in [-0.2, -0.15) is 0 Å². The first-order chi connectivity index (χ1) is 14.3. The van der Waals surface area contributed by atoms with Crippen LogP contribution in [0.2, 0.25) is 0 Å². The standard InChI is InChI=1S/C24H31N3O3/c1-17-10-8-9-13-21(17)16-27(4)18(2)24(30)25-15-23(29)26-22(19(3)28)14-20-11-6-5-7-12-20/h5-13,18,22H,14-16H2,1-4H3,(H,25,30)(H,26,29)/t18-,22-/m0/s1. The van der Waals surface area contributed by atoms with Crippen LogP contribution in [0.5, 0.6) is 0 Å². The molecule has 160 valence electrons. The zero-order valence-corrected chi connectivity index (χ0v) is 18.1. The fourth-order valence-electron chi connectivity index (χ4n) is 3.10. The molecule has 2 aromatic carbocycles. The molecule has 0 bridgehead atoms. The molecule has 0 spiro atoms. The van der Waals surface area contributed by atoms with Gasteiger partial charge in [-0.1, -0.05) is 54.6 Å². The Bertz CT molecular complexity index is 867. The van der Waals surface area contributed by atoms with E-state index >= 15 is 0 Å². The minimum atomic E-state index is -0.613. The number of benzene rings is 2. The van der Waals surface area contributed by atoms with Gasteiger partial charge in [0.15, 0.2) is 5.78 Å². The SMILES string of the molecule is CC(=O)[C@H](Cc1ccccc1)NC(=O)CNC(=O)[C@H](C)N(C)Cc1ccccc1C. The van der Waals surface area contributed by atoms with E-state index in [1.807, 2.05) is 73.5 Å². The number of rotatable bonds is 10. The Balaban J connectivity index is 1.84. The maximum atomic E-state index is 12.5. The summed E-state index contributed by atoms with van der Waals surface area (Å²) in [5, 5.41) is 5.39. The number of carbonyl (C=O) groups excluding carboxylic acids is 3. The van der Waals surface area contributed by atoms with Crippen LogP contribution in [0.4, 0.5) is 0 Å². The molecule has 6 nitrogen and oxygen atoms in total. The van der Waals surface area contributed by atoms with E-state index in [0.29, 0.717) is 13.0 Å². The number of hydrogen-bond donors (Lipinski definition) is 2. The van der Waals surface area contributed by atoms with Gasteiger partial charge in [-0.3, -0.25) is 19.3 Å². The van der Waals surface area contributed by atoms with Gasteiger partial charge in [-0.15, -0.1) is 0 Å². The average molecular weight is 410 g/mol. The van der Waals surface area contributed by atoms with E-state index in [1.165, 1.54) is 12.5 Å². The molecule has 2 aromatic rings. The first kappa shape index (κ1) is 23.3. The van der Waals surface area contributed by atoms with Crippen molar-refractivity contribution in [3.8, 4) is 0 Å². The Hall–Kier alpha value is -2.99. The van der Waals surface area contributed by atoms with Gasteiger partial charge in [0.2, 0.25) is 11.8 Å². The predicted molar refractivity (Wildman–Crippen MR) is 118 cm³/mol. The molecule has 0 saturated heterocycles. The zero-order valence-electron chi connectivity index (χ0n) is 18.1. The molecule has 2 rings (SSSR count). The second kappa shape index (κ2) is 11.3. The second-order valence-corrected chi connectivity index (χ2v) is 7.66. The first-order valence-electron chi connectivity index (χ1n) is 10.1. The Morgan fingerprint density at radius 3 is 2.27 bits per heavy atom. The summed E-state index contributed by atoms with van der Waals surface area (Å²) in [7, 11) is 1.88.